The van der Waals surface area contributed by atoms with Gasteiger partial charge in [0.25, 0.3) is 0 Å². The van der Waals surface area contributed by atoms with E-state index in [0.29, 0.717) is 0 Å². The first kappa shape index (κ1) is 9.47. The zero-order valence-corrected chi connectivity index (χ0v) is 7.27. The number of nitrogens with one attached hydrogen (secondary N) is 1. The van der Waals surface area contributed by atoms with Crippen molar-refractivity contribution in [1.82, 2.24) is 5.32 Å². The molecule has 0 aliphatic rings. The van der Waals surface area contributed by atoms with E-state index in [1.165, 1.54) is 0 Å². The summed E-state index contributed by atoms with van der Waals surface area (Å²) in [6.45, 7) is 7.91. The number of hydrogen-bond donors (Lipinski definition) is 1. The predicted molar refractivity (Wildman–Crippen MR) is 42.7 cm³/mol. The molecule has 0 aromatic carbocycles. The minimum absolute atomic E-state index is 0.155. The average molecular weight is 143 g/mol. The SMILES string of the molecule is CC[C@@H](C)C(=O)NC(C)C. The molecule has 1 atom stereocenters. The molecule has 0 heterocycles. The summed E-state index contributed by atoms with van der Waals surface area (Å²) in [5.41, 5.74) is 0. The van der Waals surface area contributed by atoms with Gasteiger partial charge in [-0.15, -0.1) is 0 Å². The number of carbonyl (C=O) groups excluding carboxylic acids is 1. The molecule has 0 aliphatic heterocycles. The Morgan fingerprint density at radius 3 is 2.20 bits per heavy atom. The van der Waals surface area contributed by atoms with E-state index >= 15 is 0 Å². The second kappa shape index (κ2) is 4.31. The van der Waals surface area contributed by atoms with E-state index in [-0.39, 0.29) is 17.9 Å². The van der Waals surface area contributed by atoms with Crippen LogP contribution in [0.3, 0.4) is 0 Å². The van der Waals surface area contributed by atoms with Crippen molar-refractivity contribution in [3.05, 3.63) is 0 Å². The van der Waals surface area contributed by atoms with Crippen molar-refractivity contribution in [2.45, 2.75) is 40.2 Å². The van der Waals surface area contributed by atoms with E-state index in [4.69, 9.17) is 0 Å². The lowest BCUT2D eigenvalue weighted by Crippen LogP contribution is -2.34. The first-order chi connectivity index (χ1) is 4.57. The lowest BCUT2D eigenvalue weighted by atomic mass is 10.1. The van der Waals surface area contributed by atoms with Crippen molar-refractivity contribution >= 4 is 5.91 Å². The normalized spacial score (nSPS) is 13.3. The molecular weight excluding hydrogens is 126 g/mol. The molecule has 1 amide bonds. The zero-order chi connectivity index (χ0) is 8.15. The lowest BCUT2D eigenvalue weighted by Gasteiger charge is -2.11. The molecule has 0 fully saturated rings. The van der Waals surface area contributed by atoms with Crippen molar-refractivity contribution < 1.29 is 4.79 Å². The number of rotatable bonds is 3. The van der Waals surface area contributed by atoms with Crippen molar-refractivity contribution in [1.29, 1.82) is 0 Å². The summed E-state index contributed by atoms with van der Waals surface area (Å²) >= 11 is 0. The van der Waals surface area contributed by atoms with Gasteiger partial charge in [-0.05, 0) is 20.3 Å². The molecule has 0 saturated carbocycles. The highest BCUT2D eigenvalue weighted by atomic mass is 16.1. The fraction of sp³-hybridized carbons (Fsp3) is 0.875. The Bertz CT molecular complexity index is 110. The third kappa shape index (κ3) is 3.49. The van der Waals surface area contributed by atoms with Gasteiger partial charge in [-0.1, -0.05) is 13.8 Å². The number of hydrogen-bond acceptors (Lipinski definition) is 1. The van der Waals surface area contributed by atoms with Crippen molar-refractivity contribution in [2.24, 2.45) is 5.92 Å². The van der Waals surface area contributed by atoms with Crippen LogP contribution >= 0.6 is 0 Å². The van der Waals surface area contributed by atoms with Crippen LogP contribution in [0.1, 0.15) is 34.1 Å². The quantitative estimate of drug-likeness (QED) is 0.638. The van der Waals surface area contributed by atoms with Gasteiger partial charge in [0.1, 0.15) is 0 Å². The summed E-state index contributed by atoms with van der Waals surface area (Å²) in [4.78, 5) is 11.1. The molecule has 0 aliphatic carbocycles. The summed E-state index contributed by atoms with van der Waals surface area (Å²) in [5, 5.41) is 2.85. The predicted octanol–water partition coefficient (Wildman–Crippen LogP) is 1.56. The molecule has 0 aromatic heterocycles. The Balaban J connectivity index is 3.62. The van der Waals surface area contributed by atoms with Gasteiger partial charge < -0.3 is 5.32 Å². The average Bonchev–Trinajstić information content (AvgIpc) is 1.85. The van der Waals surface area contributed by atoms with Gasteiger partial charge in [0.05, 0.1) is 0 Å². The highest BCUT2D eigenvalue weighted by Crippen LogP contribution is 1.99. The fourth-order valence-corrected chi connectivity index (χ4v) is 0.612. The maximum absolute atomic E-state index is 11.1. The first-order valence-electron chi connectivity index (χ1n) is 3.88. The van der Waals surface area contributed by atoms with Crippen LogP contribution < -0.4 is 5.32 Å². The van der Waals surface area contributed by atoms with E-state index in [1.807, 2.05) is 27.7 Å². The second-order valence-electron chi connectivity index (χ2n) is 2.97. The first-order valence-corrected chi connectivity index (χ1v) is 3.88. The zero-order valence-electron chi connectivity index (χ0n) is 7.27. The summed E-state index contributed by atoms with van der Waals surface area (Å²) < 4.78 is 0. The van der Waals surface area contributed by atoms with Gasteiger partial charge in [-0.2, -0.15) is 0 Å². The minimum Gasteiger partial charge on any atom is -0.354 e. The van der Waals surface area contributed by atoms with Gasteiger partial charge in [0.15, 0.2) is 0 Å². The van der Waals surface area contributed by atoms with Gasteiger partial charge in [-0.3, -0.25) is 4.79 Å². The standard InChI is InChI=1S/C8H17NO/c1-5-7(4)8(10)9-6(2)3/h6-7H,5H2,1-4H3,(H,9,10)/t7-/m1/s1. The molecule has 2 nitrogen and oxygen atoms in total. The monoisotopic (exact) mass is 143 g/mol. The van der Waals surface area contributed by atoms with Crippen LogP contribution in [0.4, 0.5) is 0 Å². The topological polar surface area (TPSA) is 29.1 Å². The number of amides is 1. The van der Waals surface area contributed by atoms with Gasteiger partial charge in [-0.25, -0.2) is 0 Å². The Labute approximate surface area is 63.0 Å². The summed E-state index contributed by atoms with van der Waals surface area (Å²) in [6.07, 6.45) is 0.915. The minimum atomic E-state index is 0.155. The number of carbonyl (C=O) groups is 1. The van der Waals surface area contributed by atoms with Crippen LogP contribution in [-0.2, 0) is 4.79 Å². The molecular formula is C8H17NO. The van der Waals surface area contributed by atoms with Crippen LogP contribution in [0, 0.1) is 5.92 Å². The molecule has 0 radical (unpaired) electrons. The maximum Gasteiger partial charge on any atom is 0.223 e. The van der Waals surface area contributed by atoms with Crippen molar-refractivity contribution in [3.63, 3.8) is 0 Å². The van der Waals surface area contributed by atoms with Crippen LogP contribution in [0.15, 0.2) is 0 Å². The molecule has 0 aromatic rings. The van der Waals surface area contributed by atoms with Crippen LogP contribution in [0.5, 0.6) is 0 Å². The third-order valence-corrected chi connectivity index (χ3v) is 1.49. The molecule has 0 bridgehead atoms. The highest BCUT2D eigenvalue weighted by Gasteiger charge is 2.09. The molecule has 0 unspecified atom stereocenters. The lowest BCUT2D eigenvalue weighted by molar-refractivity contribution is -0.125. The van der Waals surface area contributed by atoms with Crippen molar-refractivity contribution in [3.8, 4) is 0 Å². The van der Waals surface area contributed by atoms with Gasteiger partial charge in [0, 0.05) is 12.0 Å². The van der Waals surface area contributed by atoms with E-state index < -0.39 is 0 Å². The van der Waals surface area contributed by atoms with Gasteiger partial charge >= 0.3 is 0 Å². The smallest absolute Gasteiger partial charge is 0.223 e. The fourth-order valence-electron chi connectivity index (χ4n) is 0.612. The third-order valence-electron chi connectivity index (χ3n) is 1.49. The molecule has 0 spiro atoms. The van der Waals surface area contributed by atoms with Gasteiger partial charge in [0.2, 0.25) is 5.91 Å². The van der Waals surface area contributed by atoms with E-state index in [9.17, 15) is 4.79 Å². The van der Waals surface area contributed by atoms with Crippen LogP contribution in [0.2, 0.25) is 0 Å². The van der Waals surface area contributed by atoms with Crippen LogP contribution in [-0.4, -0.2) is 11.9 Å². The summed E-state index contributed by atoms with van der Waals surface area (Å²) in [6, 6.07) is 0.265. The molecule has 10 heavy (non-hydrogen) atoms. The van der Waals surface area contributed by atoms with E-state index in [0.717, 1.165) is 6.42 Å². The molecule has 60 valence electrons. The van der Waals surface area contributed by atoms with E-state index in [2.05, 4.69) is 5.32 Å². The highest BCUT2D eigenvalue weighted by molar-refractivity contribution is 5.78. The Kier molecular flexibility index (Phi) is 4.08. The molecule has 1 N–H and O–H groups in total. The Morgan fingerprint density at radius 2 is 1.90 bits per heavy atom. The van der Waals surface area contributed by atoms with E-state index in [1.54, 1.807) is 0 Å². The Hall–Kier alpha value is -0.530. The Morgan fingerprint density at radius 1 is 1.40 bits per heavy atom. The summed E-state index contributed by atoms with van der Waals surface area (Å²) in [7, 11) is 0. The second-order valence-corrected chi connectivity index (χ2v) is 2.97. The largest absolute Gasteiger partial charge is 0.354 e. The molecule has 2 heteroatoms. The summed E-state index contributed by atoms with van der Waals surface area (Å²) in [5.74, 6) is 0.319. The molecule has 0 rings (SSSR count). The maximum atomic E-state index is 11.1. The van der Waals surface area contributed by atoms with Crippen molar-refractivity contribution in [2.75, 3.05) is 0 Å². The molecule has 0 saturated heterocycles. The van der Waals surface area contributed by atoms with Crippen LogP contribution in [0.25, 0.3) is 0 Å².